The minimum atomic E-state index is -4.24. The van der Waals surface area contributed by atoms with Gasteiger partial charge in [0.1, 0.15) is 6.61 Å². The topological polar surface area (TPSA) is 35.2 Å². The first-order valence-electron chi connectivity index (χ1n) is 5.37. The zero-order valence-electron chi connectivity index (χ0n) is 8.52. The molecule has 5 heteroatoms. The molecule has 88 valence electrons. The van der Waals surface area contributed by atoms with Crippen molar-refractivity contribution in [3.8, 4) is 0 Å². The van der Waals surface area contributed by atoms with E-state index in [2.05, 4.69) is 4.74 Å². The molecule has 0 spiro atoms. The van der Waals surface area contributed by atoms with E-state index >= 15 is 0 Å². The summed E-state index contributed by atoms with van der Waals surface area (Å²) in [6, 6.07) is 0. The van der Waals surface area contributed by atoms with Crippen LogP contribution in [0.15, 0.2) is 0 Å². The Morgan fingerprint density at radius 2 is 1.73 bits per heavy atom. The van der Waals surface area contributed by atoms with Gasteiger partial charge in [-0.1, -0.05) is 12.8 Å². The highest BCUT2D eigenvalue weighted by Crippen LogP contribution is 2.57. The Bertz CT molecular complexity index is 229. The molecule has 0 saturated heterocycles. The highest BCUT2D eigenvalue weighted by molar-refractivity contribution is 5.16. The van der Waals surface area contributed by atoms with Gasteiger partial charge in [-0.25, -0.2) is 0 Å². The number of hydrogen-bond acceptors (Lipinski definition) is 2. The van der Waals surface area contributed by atoms with Gasteiger partial charge in [0.2, 0.25) is 0 Å². The molecule has 0 amide bonds. The Labute approximate surface area is 87.0 Å². The fourth-order valence-electron chi connectivity index (χ4n) is 2.86. The monoisotopic (exact) mass is 223 g/mol. The molecular formula is C10H16F3NO. The molecule has 2 fully saturated rings. The van der Waals surface area contributed by atoms with Gasteiger partial charge in [-0.2, -0.15) is 13.2 Å². The van der Waals surface area contributed by atoms with E-state index in [4.69, 9.17) is 5.73 Å². The van der Waals surface area contributed by atoms with Crippen LogP contribution < -0.4 is 5.73 Å². The Morgan fingerprint density at radius 1 is 1.20 bits per heavy atom. The van der Waals surface area contributed by atoms with Crippen molar-refractivity contribution in [1.29, 1.82) is 0 Å². The molecule has 2 N–H and O–H groups in total. The van der Waals surface area contributed by atoms with Crippen molar-refractivity contribution < 1.29 is 17.9 Å². The van der Waals surface area contributed by atoms with E-state index in [9.17, 15) is 13.2 Å². The van der Waals surface area contributed by atoms with Crippen LogP contribution in [0.3, 0.4) is 0 Å². The van der Waals surface area contributed by atoms with Crippen molar-refractivity contribution in [3.63, 3.8) is 0 Å². The standard InChI is InChI=1S/C10H16F3NO/c11-10(12,13)6-15-5-9(14)7-3-1-2-4-8(7)9/h7-8H,1-6,14H2. The zero-order chi connectivity index (χ0) is 11.1. The van der Waals surface area contributed by atoms with Gasteiger partial charge in [0.05, 0.1) is 6.61 Å². The molecular weight excluding hydrogens is 207 g/mol. The van der Waals surface area contributed by atoms with E-state index < -0.39 is 18.3 Å². The first kappa shape index (κ1) is 11.2. The second-order valence-electron chi connectivity index (χ2n) is 4.72. The van der Waals surface area contributed by atoms with Crippen molar-refractivity contribution in [2.24, 2.45) is 17.6 Å². The lowest BCUT2D eigenvalue weighted by molar-refractivity contribution is -0.175. The molecule has 2 rings (SSSR count). The minimum Gasteiger partial charge on any atom is -0.370 e. The average Bonchev–Trinajstić information content (AvgIpc) is 2.71. The first-order valence-corrected chi connectivity index (χ1v) is 5.37. The van der Waals surface area contributed by atoms with E-state index in [0.717, 1.165) is 25.7 Å². The van der Waals surface area contributed by atoms with Gasteiger partial charge < -0.3 is 10.5 Å². The summed E-state index contributed by atoms with van der Waals surface area (Å²) < 4.78 is 40.2. The minimum absolute atomic E-state index is 0.0574. The number of halogens is 3. The van der Waals surface area contributed by atoms with Crippen LogP contribution in [0.4, 0.5) is 13.2 Å². The average molecular weight is 223 g/mol. The highest BCUT2D eigenvalue weighted by Gasteiger charge is 2.62. The molecule has 15 heavy (non-hydrogen) atoms. The van der Waals surface area contributed by atoms with Gasteiger partial charge in [-0.15, -0.1) is 0 Å². The van der Waals surface area contributed by atoms with Crippen LogP contribution in [0.2, 0.25) is 0 Å². The number of ether oxygens (including phenoxy) is 1. The summed E-state index contributed by atoms with van der Waals surface area (Å²) in [5.74, 6) is 0.805. The van der Waals surface area contributed by atoms with E-state index in [-0.39, 0.29) is 6.61 Å². The Balaban J connectivity index is 1.76. The predicted octanol–water partition coefficient (Wildman–Crippen LogP) is 2.08. The zero-order valence-corrected chi connectivity index (χ0v) is 8.52. The summed E-state index contributed by atoms with van der Waals surface area (Å²) in [6.45, 7) is -1.12. The fraction of sp³-hybridized carbons (Fsp3) is 1.00. The molecule has 2 saturated carbocycles. The van der Waals surface area contributed by atoms with Gasteiger partial charge in [0, 0.05) is 5.54 Å². The summed E-state index contributed by atoms with van der Waals surface area (Å²) in [7, 11) is 0. The normalized spacial score (nSPS) is 40.0. The smallest absolute Gasteiger partial charge is 0.370 e. The third-order valence-electron chi connectivity index (χ3n) is 3.66. The molecule has 0 radical (unpaired) electrons. The van der Waals surface area contributed by atoms with Gasteiger partial charge in [0.15, 0.2) is 0 Å². The molecule has 0 heterocycles. The predicted molar refractivity (Wildman–Crippen MR) is 49.2 cm³/mol. The molecule has 0 aromatic heterocycles. The summed E-state index contributed by atoms with van der Waals surface area (Å²) >= 11 is 0. The number of fused-ring (bicyclic) bond motifs is 1. The number of nitrogens with two attached hydrogens (primary N) is 1. The second-order valence-corrected chi connectivity index (χ2v) is 4.72. The number of alkyl halides is 3. The van der Waals surface area contributed by atoms with Crippen molar-refractivity contribution in [2.75, 3.05) is 13.2 Å². The van der Waals surface area contributed by atoms with Gasteiger partial charge in [-0.3, -0.25) is 0 Å². The van der Waals surface area contributed by atoms with Gasteiger partial charge >= 0.3 is 6.18 Å². The molecule has 0 aromatic rings. The molecule has 0 aromatic carbocycles. The summed E-state index contributed by atoms with van der Waals surface area (Å²) in [6.07, 6.45) is 0.169. The molecule has 2 unspecified atom stereocenters. The van der Waals surface area contributed by atoms with E-state index in [1.165, 1.54) is 0 Å². The van der Waals surface area contributed by atoms with Gasteiger partial charge in [0.25, 0.3) is 0 Å². The molecule has 2 nitrogen and oxygen atoms in total. The van der Waals surface area contributed by atoms with E-state index in [0.29, 0.717) is 11.8 Å². The lowest BCUT2D eigenvalue weighted by Crippen LogP contribution is -2.34. The Hall–Kier alpha value is -0.290. The number of hydrogen-bond donors (Lipinski definition) is 1. The van der Waals surface area contributed by atoms with Crippen LogP contribution in [0.25, 0.3) is 0 Å². The van der Waals surface area contributed by atoms with Gasteiger partial charge in [-0.05, 0) is 24.7 Å². The molecule has 2 atom stereocenters. The molecule has 2 aliphatic carbocycles. The Kier molecular flexibility index (Phi) is 2.71. The molecule has 2 aliphatic rings. The van der Waals surface area contributed by atoms with Crippen LogP contribution in [0.5, 0.6) is 0 Å². The lowest BCUT2D eigenvalue weighted by Gasteiger charge is -2.13. The van der Waals surface area contributed by atoms with E-state index in [1.54, 1.807) is 0 Å². The van der Waals surface area contributed by atoms with Crippen LogP contribution in [-0.2, 0) is 4.74 Å². The molecule has 0 aliphatic heterocycles. The summed E-state index contributed by atoms with van der Waals surface area (Å²) in [5.41, 5.74) is 5.58. The number of rotatable bonds is 3. The second kappa shape index (κ2) is 3.63. The van der Waals surface area contributed by atoms with Crippen LogP contribution >= 0.6 is 0 Å². The van der Waals surface area contributed by atoms with Crippen LogP contribution in [-0.4, -0.2) is 24.9 Å². The van der Waals surface area contributed by atoms with Crippen molar-refractivity contribution in [3.05, 3.63) is 0 Å². The maximum atomic E-state index is 11.9. The quantitative estimate of drug-likeness (QED) is 0.795. The van der Waals surface area contributed by atoms with E-state index in [1.807, 2.05) is 0 Å². The SMILES string of the molecule is NC1(COCC(F)(F)F)C2CCCCC21. The third-order valence-corrected chi connectivity index (χ3v) is 3.66. The van der Waals surface area contributed by atoms with Crippen LogP contribution in [0.1, 0.15) is 25.7 Å². The largest absolute Gasteiger partial charge is 0.411 e. The fourth-order valence-corrected chi connectivity index (χ4v) is 2.86. The van der Waals surface area contributed by atoms with Crippen molar-refractivity contribution in [1.82, 2.24) is 0 Å². The first-order chi connectivity index (χ1) is 6.93. The molecule has 0 bridgehead atoms. The summed E-state index contributed by atoms with van der Waals surface area (Å²) in [4.78, 5) is 0. The maximum Gasteiger partial charge on any atom is 0.411 e. The maximum absolute atomic E-state index is 11.9. The van der Waals surface area contributed by atoms with Crippen molar-refractivity contribution >= 4 is 0 Å². The van der Waals surface area contributed by atoms with Crippen LogP contribution in [0, 0.1) is 11.8 Å². The lowest BCUT2D eigenvalue weighted by atomic mass is 10.0. The Morgan fingerprint density at radius 3 is 2.20 bits per heavy atom. The highest BCUT2D eigenvalue weighted by atomic mass is 19.4. The summed E-state index contributed by atoms with van der Waals surface area (Å²) in [5, 5.41) is 0. The van der Waals surface area contributed by atoms with Crippen molar-refractivity contribution in [2.45, 2.75) is 37.4 Å². The third kappa shape index (κ3) is 2.28.